The molecule has 2 aliphatic heterocycles. The molecule has 3 N–H and O–H groups in total. The molecule has 5 rings (SSSR count). The predicted molar refractivity (Wildman–Crippen MR) is 131 cm³/mol. The van der Waals surface area contributed by atoms with Crippen LogP contribution in [0.15, 0.2) is 18.3 Å². The van der Waals surface area contributed by atoms with Crippen LogP contribution < -0.4 is 5.32 Å². The number of rotatable bonds is 5. The van der Waals surface area contributed by atoms with Gasteiger partial charge < -0.3 is 29.6 Å². The molecule has 2 aromatic heterocycles. The molecule has 4 atom stereocenters. The number of nitriles is 1. The molecule has 2 bridgehead atoms. The summed E-state index contributed by atoms with van der Waals surface area (Å²) in [6, 6.07) is 4.50. The molecule has 11 heteroatoms. The molecule has 9 nitrogen and oxygen atoms in total. The summed E-state index contributed by atoms with van der Waals surface area (Å²) in [4.78, 5) is 8.76. The summed E-state index contributed by atoms with van der Waals surface area (Å²) in [5.41, 5.74) is 0.182. The zero-order valence-electron chi connectivity index (χ0n) is 20.3. The monoisotopic (exact) mass is 515 g/mol. The van der Waals surface area contributed by atoms with Gasteiger partial charge in [0.1, 0.15) is 23.6 Å². The van der Waals surface area contributed by atoms with Gasteiger partial charge in [0.15, 0.2) is 6.29 Å². The van der Waals surface area contributed by atoms with Gasteiger partial charge in [0.25, 0.3) is 0 Å². The summed E-state index contributed by atoms with van der Waals surface area (Å²) in [5.74, 6) is -0.406. The van der Waals surface area contributed by atoms with Gasteiger partial charge in [0.05, 0.1) is 57.8 Å². The molecule has 0 unspecified atom stereocenters. The Morgan fingerprint density at radius 1 is 1.36 bits per heavy atom. The highest BCUT2D eigenvalue weighted by molar-refractivity contribution is 6.33. The van der Waals surface area contributed by atoms with E-state index in [1.54, 1.807) is 24.5 Å². The van der Waals surface area contributed by atoms with E-state index in [0.29, 0.717) is 29.8 Å². The molecule has 0 aliphatic carbocycles. The number of benzene rings is 1. The van der Waals surface area contributed by atoms with Crippen molar-refractivity contribution in [2.24, 2.45) is 0 Å². The lowest BCUT2D eigenvalue weighted by atomic mass is 9.99. The largest absolute Gasteiger partial charge is 0.386 e. The highest BCUT2D eigenvalue weighted by Gasteiger charge is 2.43. The molecule has 3 aromatic rings. The molecule has 1 aromatic carbocycles. The number of aliphatic hydroxyl groups is 2. The van der Waals surface area contributed by atoms with Crippen molar-refractivity contribution in [3.05, 3.63) is 40.4 Å². The Bertz CT molecular complexity index is 1380. The fourth-order valence-corrected chi connectivity index (χ4v) is 5.31. The van der Waals surface area contributed by atoms with Crippen LogP contribution in [0.2, 0.25) is 5.02 Å². The lowest BCUT2D eigenvalue weighted by molar-refractivity contribution is -0.156. The molecular weight excluding hydrogens is 489 g/mol. The Labute approximate surface area is 212 Å². The van der Waals surface area contributed by atoms with Crippen molar-refractivity contribution in [1.29, 1.82) is 5.26 Å². The van der Waals surface area contributed by atoms with E-state index in [9.17, 15) is 15.5 Å². The Hall–Kier alpha value is -2.81. The van der Waals surface area contributed by atoms with Crippen LogP contribution in [0.25, 0.3) is 22.2 Å². The normalized spacial score (nSPS) is 23.9. The first-order valence-corrected chi connectivity index (χ1v) is 12.1. The first kappa shape index (κ1) is 24.9. The van der Waals surface area contributed by atoms with E-state index < -0.39 is 29.9 Å². The summed E-state index contributed by atoms with van der Waals surface area (Å²) < 4.78 is 28.3. The van der Waals surface area contributed by atoms with E-state index in [1.807, 2.05) is 13.8 Å². The maximum Gasteiger partial charge on any atom is 0.223 e. The Balaban J connectivity index is 1.61. The number of halogens is 2. The first-order chi connectivity index (χ1) is 17.0. The highest BCUT2D eigenvalue weighted by atomic mass is 35.5. The van der Waals surface area contributed by atoms with Gasteiger partial charge in [-0.1, -0.05) is 11.6 Å². The maximum absolute atomic E-state index is 15.6. The van der Waals surface area contributed by atoms with Gasteiger partial charge in [-0.25, -0.2) is 14.4 Å². The van der Waals surface area contributed by atoms with Crippen LogP contribution in [0.5, 0.6) is 0 Å². The Morgan fingerprint density at radius 3 is 2.78 bits per heavy atom. The van der Waals surface area contributed by atoms with E-state index in [1.165, 1.54) is 12.3 Å². The van der Waals surface area contributed by atoms with Crippen molar-refractivity contribution in [2.45, 2.75) is 70.3 Å². The summed E-state index contributed by atoms with van der Waals surface area (Å²) >= 11 is 6.44. The third-order valence-electron chi connectivity index (χ3n) is 6.58. The van der Waals surface area contributed by atoms with Crippen molar-refractivity contribution < 1.29 is 24.1 Å². The number of aliphatic hydroxyl groups excluding tert-OH is 1. The molecule has 2 fully saturated rings. The third kappa shape index (κ3) is 4.11. The van der Waals surface area contributed by atoms with Crippen LogP contribution in [-0.2, 0) is 15.1 Å². The maximum atomic E-state index is 15.6. The van der Waals surface area contributed by atoms with Crippen LogP contribution in [0.4, 0.5) is 10.3 Å². The van der Waals surface area contributed by atoms with Gasteiger partial charge in [0.2, 0.25) is 5.95 Å². The van der Waals surface area contributed by atoms with Gasteiger partial charge in [-0.15, -0.1) is 0 Å². The minimum Gasteiger partial charge on any atom is -0.386 e. The fourth-order valence-electron chi connectivity index (χ4n) is 5.11. The number of hydrogen-bond donors (Lipinski definition) is 3. The van der Waals surface area contributed by atoms with Crippen molar-refractivity contribution >= 4 is 28.5 Å². The van der Waals surface area contributed by atoms with E-state index >= 15 is 4.39 Å². The quantitative estimate of drug-likeness (QED) is 0.468. The number of hydrogen-bond acceptors (Lipinski definition) is 8. The lowest BCUT2D eigenvalue weighted by Crippen LogP contribution is -2.48. The predicted octanol–water partition coefficient (Wildman–Crippen LogP) is 3.86. The molecule has 2 saturated heterocycles. The minimum absolute atomic E-state index is 0.0942. The second-order valence-electron chi connectivity index (χ2n) is 10.0. The van der Waals surface area contributed by atoms with E-state index in [-0.39, 0.29) is 39.8 Å². The molecule has 0 spiro atoms. The lowest BCUT2D eigenvalue weighted by Gasteiger charge is -2.32. The number of nitrogens with one attached hydrogen (secondary N) is 1. The van der Waals surface area contributed by atoms with Gasteiger partial charge in [-0.2, -0.15) is 5.26 Å². The average Bonchev–Trinajstić information content (AvgIpc) is 3.38. The molecule has 4 heterocycles. The second kappa shape index (κ2) is 8.94. The number of nitrogens with zero attached hydrogens (tertiary/aromatic N) is 4. The highest BCUT2D eigenvalue weighted by Crippen LogP contribution is 2.40. The summed E-state index contributed by atoms with van der Waals surface area (Å²) in [7, 11) is 0. The SMILES string of the molecule is CC(C)n1c(C(C)(C)O)c(C#N)c2c(F)cc(-c3nc(N[C@@H]4C[C@H]5CO[C@H](O5)[C@H]4O)ncc3Cl)cc21. The van der Waals surface area contributed by atoms with E-state index in [4.69, 9.17) is 21.1 Å². The average molecular weight is 516 g/mol. The van der Waals surface area contributed by atoms with Crippen LogP contribution in [0.3, 0.4) is 0 Å². The first-order valence-electron chi connectivity index (χ1n) is 11.7. The van der Waals surface area contributed by atoms with Crippen LogP contribution in [-0.4, -0.2) is 55.9 Å². The smallest absolute Gasteiger partial charge is 0.223 e. The van der Waals surface area contributed by atoms with Gasteiger partial charge in [0, 0.05) is 11.6 Å². The van der Waals surface area contributed by atoms with Crippen molar-refractivity contribution in [1.82, 2.24) is 14.5 Å². The van der Waals surface area contributed by atoms with E-state index in [2.05, 4.69) is 21.4 Å². The zero-order valence-corrected chi connectivity index (χ0v) is 21.0. The minimum atomic E-state index is -1.38. The van der Waals surface area contributed by atoms with Crippen LogP contribution in [0, 0.1) is 17.1 Å². The van der Waals surface area contributed by atoms with Gasteiger partial charge in [-0.05, 0) is 46.2 Å². The molecule has 0 amide bonds. The number of anilines is 1. The number of fused-ring (bicyclic) bond motifs is 3. The summed E-state index contributed by atoms with van der Waals surface area (Å²) in [6.07, 6.45) is 0.197. The molecule has 36 heavy (non-hydrogen) atoms. The van der Waals surface area contributed by atoms with Crippen LogP contribution in [0.1, 0.15) is 51.4 Å². The fraction of sp³-hybridized carbons (Fsp3) is 0.480. The van der Waals surface area contributed by atoms with Crippen molar-refractivity contribution in [3.8, 4) is 17.3 Å². The number of ether oxygens (including phenoxy) is 2. The molecule has 2 aliphatic rings. The molecule has 0 saturated carbocycles. The third-order valence-corrected chi connectivity index (χ3v) is 6.85. The molecule has 0 radical (unpaired) electrons. The zero-order chi connectivity index (χ0) is 25.9. The summed E-state index contributed by atoms with van der Waals surface area (Å²) in [6.45, 7) is 7.35. The van der Waals surface area contributed by atoms with Crippen molar-refractivity contribution in [2.75, 3.05) is 11.9 Å². The van der Waals surface area contributed by atoms with E-state index in [0.717, 1.165) is 0 Å². The van der Waals surface area contributed by atoms with Crippen LogP contribution >= 0.6 is 11.6 Å². The molecular formula is C25H27ClFN5O4. The Kier molecular flexibility index (Phi) is 6.17. The van der Waals surface area contributed by atoms with Gasteiger partial charge >= 0.3 is 0 Å². The molecule has 190 valence electrons. The number of aromatic nitrogens is 3. The second-order valence-corrected chi connectivity index (χ2v) is 10.4. The van der Waals surface area contributed by atoms with Crippen molar-refractivity contribution in [3.63, 3.8) is 0 Å². The summed E-state index contributed by atoms with van der Waals surface area (Å²) in [5, 5.41) is 34.7. The topological polar surface area (TPSA) is 125 Å². The van der Waals surface area contributed by atoms with Gasteiger partial charge in [-0.3, -0.25) is 0 Å². The Morgan fingerprint density at radius 2 is 2.11 bits per heavy atom. The standard InChI is InChI=1S/C25H27ClFN5O4/c1-11(2)32-18-6-12(5-16(27)19(18)14(8-28)22(32)25(3,4)34)20-15(26)9-29-24(31-20)30-17-7-13-10-35-23(36-13)21(17)33/h5-6,9,11,13,17,21,23,33-34H,7,10H2,1-4H3,(H,29,30,31)/t13-,17+,21-,23+/m0/s1.